The summed E-state index contributed by atoms with van der Waals surface area (Å²) in [5.74, 6) is 1.52. The molecule has 0 saturated carbocycles. The molecule has 0 rings (SSSR count). The molecule has 0 aromatic rings. The first kappa shape index (κ1) is 16.8. The molecule has 4 heteroatoms. The molecule has 1 amide bonds. The lowest BCUT2D eigenvalue weighted by Crippen LogP contribution is -2.37. The lowest BCUT2D eigenvalue weighted by Gasteiger charge is -2.16. The van der Waals surface area contributed by atoms with E-state index in [1.54, 1.807) is 11.8 Å². The van der Waals surface area contributed by atoms with Gasteiger partial charge >= 0.3 is 0 Å². The molecule has 0 spiro atoms. The number of thioether (sulfide) groups is 1. The van der Waals surface area contributed by atoms with Crippen LogP contribution in [0.25, 0.3) is 0 Å². The highest BCUT2D eigenvalue weighted by Gasteiger charge is 2.14. The molecule has 0 heterocycles. The summed E-state index contributed by atoms with van der Waals surface area (Å²) >= 11 is 1.68. The zero-order valence-electron chi connectivity index (χ0n) is 11.5. The lowest BCUT2D eigenvalue weighted by atomic mass is 10.1. The maximum Gasteiger partial charge on any atom is 0.232 e. The summed E-state index contributed by atoms with van der Waals surface area (Å²) in [4.78, 5) is 11.7. The average Bonchev–Trinajstić information content (AvgIpc) is 2.25. The van der Waals surface area contributed by atoms with Gasteiger partial charge in [0.2, 0.25) is 5.91 Å². The molecule has 0 aliphatic heterocycles. The van der Waals surface area contributed by atoms with Gasteiger partial charge in [0, 0.05) is 6.54 Å². The second-order valence-corrected chi connectivity index (χ2v) is 6.34. The van der Waals surface area contributed by atoms with Crippen LogP contribution in [-0.4, -0.2) is 34.7 Å². The molecule has 0 fully saturated rings. The van der Waals surface area contributed by atoms with Crippen molar-refractivity contribution in [3.63, 3.8) is 0 Å². The molecular formula is C13H27NO2S. The number of unbranched alkanes of at least 4 members (excludes halogenated alkanes) is 1. The number of aliphatic hydroxyl groups excluding tert-OH is 1. The second-order valence-electron chi connectivity index (χ2n) is 4.90. The van der Waals surface area contributed by atoms with Crippen LogP contribution in [0.4, 0.5) is 0 Å². The third kappa shape index (κ3) is 9.48. The number of hydrogen-bond acceptors (Lipinski definition) is 3. The molecule has 0 saturated heterocycles. The highest BCUT2D eigenvalue weighted by molar-refractivity contribution is 8.00. The third-order valence-electron chi connectivity index (χ3n) is 2.49. The van der Waals surface area contributed by atoms with Crippen LogP contribution >= 0.6 is 11.8 Å². The maximum atomic E-state index is 11.7. The highest BCUT2D eigenvalue weighted by atomic mass is 32.2. The first-order chi connectivity index (χ1) is 7.97. The van der Waals surface area contributed by atoms with Crippen molar-refractivity contribution in [1.29, 1.82) is 0 Å². The number of amides is 1. The van der Waals surface area contributed by atoms with Crippen LogP contribution in [0.15, 0.2) is 0 Å². The molecule has 0 radical (unpaired) electrons. The smallest absolute Gasteiger partial charge is 0.232 e. The van der Waals surface area contributed by atoms with Crippen molar-refractivity contribution in [3.05, 3.63) is 0 Å². The molecule has 17 heavy (non-hydrogen) atoms. The fourth-order valence-electron chi connectivity index (χ4n) is 1.47. The summed E-state index contributed by atoms with van der Waals surface area (Å²) in [5.41, 5.74) is 0. The number of carbonyl (C=O) groups excluding carboxylic acids is 1. The van der Waals surface area contributed by atoms with Gasteiger partial charge in [0.05, 0.1) is 11.4 Å². The van der Waals surface area contributed by atoms with Crippen molar-refractivity contribution >= 4 is 17.7 Å². The average molecular weight is 261 g/mol. The highest BCUT2D eigenvalue weighted by Crippen LogP contribution is 2.12. The minimum absolute atomic E-state index is 0.0206. The number of nitrogens with one attached hydrogen (secondary N) is 1. The Morgan fingerprint density at radius 1 is 1.35 bits per heavy atom. The Morgan fingerprint density at radius 3 is 2.53 bits per heavy atom. The van der Waals surface area contributed by atoms with E-state index in [1.165, 1.54) is 0 Å². The first-order valence-corrected chi connectivity index (χ1v) is 7.59. The molecule has 2 atom stereocenters. The number of rotatable bonds is 9. The third-order valence-corrected chi connectivity index (χ3v) is 3.73. The predicted molar refractivity (Wildman–Crippen MR) is 75.3 cm³/mol. The van der Waals surface area contributed by atoms with Gasteiger partial charge in [0.15, 0.2) is 0 Å². The molecule has 0 aliphatic rings. The summed E-state index contributed by atoms with van der Waals surface area (Å²) in [5, 5.41) is 12.4. The number of aliphatic hydroxyl groups is 1. The Bertz CT molecular complexity index is 210. The lowest BCUT2D eigenvalue weighted by molar-refractivity contribution is -0.120. The second kappa shape index (κ2) is 9.77. The zero-order chi connectivity index (χ0) is 13.3. The Kier molecular flexibility index (Phi) is 9.65. The van der Waals surface area contributed by atoms with Gasteiger partial charge in [0.1, 0.15) is 0 Å². The Labute approximate surface area is 110 Å². The molecule has 0 aliphatic carbocycles. The normalized spacial score (nSPS) is 14.7. The van der Waals surface area contributed by atoms with Crippen molar-refractivity contribution in [1.82, 2.24) is 5.32 Å². The molecule has 102 valence electrons. The van der Waals surface area contributed by atoms with Gasteiger partial charge in [0.25, 0.3) is 0 Å². The van der Waals surface area contributed by atoms with E-state index in [1.807, 2.05) is 6.92 Å². The van der Waals surface area contributed by atoms with Gasteiger partial charge < -0.3 is 10.4 Å². The van der Waals surface area contributed by atoms with Gasteiger partial charge in [-0.3, -0.25) is 4.79 Å². The molecule has 0 unspecified atom stereocenters. The van der Waals surface area contributed by atoms with Crippen molar-refractivity contribution < 1.29 is 9.90 Å². The van der Waals surface area contributed by atoms with Gasteiger partial charge in [-0.2, -0.15) is 0 Å². The fourth-order valence-corrected chi connectivity index (χ4v) is 2.51. The number of hydrogen-bond donors (Lipinski definition) is 2. The van der Waals surface area contributed by atoms with Crippen molar-refractivity contribution in [3.8, 4) is 0 Å². The van der Waals surface area contributed by atoms with Crippen molar-refractivity contribution in [2.75, 3.05) is 12.3 Å². The SMILES string of the molecule is CCCCS[C@H](C)C(=O)NC[C@H](O)CC(C)C. The minimum Gasteiger partial charge on any atom is -0.391 e. The quantitative estimate of drug-likeness (QED) is 0.627. The zero-order valence-corrected chi connectivity index (χ0v) is 12.3. The van der Waals surface area contributed by atoms with Gasteiger partial charge in [-0.05, 0) is 31.4 Å². The van der Waals surface area contributed by atoms with Crippen molar-refractivity contribution in [2.45, 2.75) is 58.3 Å². The summed E-state index contributed by atoms with van der Waals surface area (Å²) in [6.45, 7) is 8.57. The van der Waals surface area contributed by atoms with Crippen molar-refractivity contribution in [2.24, 2.45) is 5.92 Å². The van der Waals surface area contributed by atoms with Crippen LogP contribution in [0, 0.1) is 5.92 Å². The summed E-state index contributed by atoms with van der Waals surface area (Å²) < 4.78 is 0. The van der Waals surface area contributed by atoms with Crippen LogP contribution in [0.2, 0.25) is 0 Å². The van der Waals surface area contributed by atoms with Crippen LogP contribution in [0.1, 0.15) is 47.0 Å². The molecule has 2 N–H and O–H groups in total. The maximum absolute atomic E-state index is 11.7. The van der Waals surface area contributed by atoms with E-state index in [2.05, 4.69) is 26.1 Å². The Hall–Kier alpha value is -0.220. The van der Waals surface area contributed by atoms with E-state index in [4.69, 9.17) is 0 Å². The van der Waals surface area contributed by atoms with E-state index >= 15 is 0 Å². The molecular weight excluding hydrogens is 234 g/mol. The van der Waals surface area contributed by atoms with Crippen LogP contribution in [0.5, 0.6) is 0 Å². The van der Waals surface area contributed by atoms with E-state index in [-0.39, 0.29) is 11.2 Å². The van der Waals surface area contributed by atoms with E-state index in [0.717, 1.165) is 25.0 Å². The molecule has 0 aromatic heterocycles. The topological polar surface area (TPSA) is 49.3 Å². The van der Waals surface area contributed by atoms with Gasteiger partial charge in [-0.15, -0.1) is 11.8 Å². The monoisotopic (exact) mass is 261 g/mol. The van der Waals surface area contributed by atoms with Crippen LogP contribution in [0.3, 0.4) is 0 Å². The Balaban J connectivity index is 3.69. The summed E-state index contributed by atoms with van der Waals surface area (Å²) in [7, 11) is 0. The molecule has 0 aromatic carbocycles. The number of carbonyl (C=O) groups is 1. The summed E-state index contributed by atoms with van der Waals surface area (Å²) in [6, 6.07) is 0. The van der Waals surface area contributed by atoms with Gasteiger partial charge in [-0.25, -0.2) is 0 Å². The molecule has 3 nitrogen and oxygen atoms in total. The van der Waals surface area contributed by atoms with E-state index < -0.39 is 6.10 Å². The Morgan fingerprint density at radius 2 is 2.00 bits per heavy atom. The standard InChI is InChI=1S/C13H27NO2S/c1-5-6-7-17-11(4)13(16)14-9-12(15)8-10(2)3/h10-12,15H,5-9H2,1-4H3,(H,14,16)/t11-,12-/m1/s1. The predicted octanol–water partition coefficient (Wildman–Crippen LogP) is 2.43. The van der Waals surface area contributed by atoms with E-state index in [0.29, 0.717) is 12.5 Å². The minimum atomic E-state index is -0.424. The summed E-state index contributed by atoms with van der Waals surface area (Å²) in [6.07, 6.45) is 2.62. The van der Waals surface area contributed by atoms with E-state index in [9.17, 15) is 9.90 Å². The molecule has 0 bridgehead atoms. The van der Waals surface area contributed by atoms with Crippen LogP contribution in [-0.2, 0) is 4.79 Å². The van der Waals surface area contributed by atoms with Crippen LogP contribution < -0.4 is 5.32 Å². The van der Waals surface area contributed by atoms with Gasteiger partial charge in [-0.1, -0.05) is 27.2 Å². The largest absolute Gasteiger partial charge is 0.391 e. The first-order valence-electron chi connectivity index (χ1n) is 6.54. The fraction of sp³-hybridized carbons (Fsp3) is 0.923.